The van der Waals surface area contributed by atoms with E-state index in [1.165, 1.54) is 6.07 Å². The summed E-state index contributed by atoms with van der Waals surface area (Å²) in [5.41, 5.74) is 0.950. The molecule has 170 valence electrons. The maximum Gasteiger partial charge on any atom is 0.191 e. The Kier molecular flexibility index (Phi) is 12.4. The molecule has 0 aliphatic carbocycles. The van der Waals surface area contributed by atoms with Crippen molar-refractivity contribution in [2.24, 2.45) is 4.99 Å². The molecule has 1 saturated heterocycles. The molecule has 0 bridgehead atoms. The molecule has 2 N–H and O–H groups in total. The standard InChI is InChI=1S/C22H37FN4O3/c1-3-4-11-28-15-16-29-12-8-25-22(24-2)26-18-21(27-9-13-30-14-10-27)19-6-5-7-20(23)17-19/h5-7,17,21H,3-4,8-16,18H2,1-2H3,(H2,24,25,26). The second kappa shape index (κ2) is 15.1. The van der Waals surface area contributed by atoms with Crippen LogP contribution in [0.5, 0.6) is 0 Å². The zero-order valence-corrected chi connectivity index (χ0v) is 18.4. The molecule has 1 aliphatic heterocycles. The van der Waals surface area contributed by atoms with Crippen LogP contribution in [0.3, 0.4) is 0 Å². The summed E-state index contributed by atoms with van der Waals surface area (Å²) in [5.74, 6) is 0.483. The third-order valence-corrected chi connectivity index (χ3v) is 4.96. The molecular weight excluding hydrogens is 387 g/mol. The van der Waals surface area contributed by atoms with Crippen molar-refractivity contribution in [3.05, 3.63) is 35.6 Å². The largest absolute Gasteiger partial charge is 0.379 e. The molecule has 2 rings (SSSR count). The highest BCUT2D eigenvalue weighted by molar-refractivity contribution is 5.79. The van der Waals surface area contributed by atoms with Crippen molar-refractivity contribution >= 4 is 5.96 Å². The summed E-state index contributed by atoms with van der Waals surface area (Å²) in [6.07, 6.45) is 2.23. The summed E-state index contributed by atoms with van der Waals surface area (Å²) >= 11 is 0. The third-order valence-electron chi connectivity index (χ3n) is 4.96. The van der Waals surface area contributed by atoms with Crippen molar-refractivity contribution in [3.8, 4) is 0 Å². The van der Waals surface area contributed by atoms with Gasteiger partial charge >= 0.3 is 0 Å². The van der Waals surface area contributed by atoms with Crippen molar-refractivity contribution in [2.45, 2.75) is 25.8 Å². The van der Waals surface area contributed by atoms with Crippen LogP contribution in [-0.2, 0) is 14.2 Å². The van der Waals surface area contributed by atoms with Gasteiger partial charge in [-0.25, -0.2) is 4.39 Å². The quantitative estimate of drug-likeness (QED) is 0.288. The lowest BCUT2D eigenvalue weighted by atomic mass is 10.0. The van der Waals surface area contributed by atoms with E-state index < -0.39 is 0 Å². The number of rotatable bonds is 13. The molecule has 0 radical (unpaired) electrons. The molecule has 1 aromatic carbocycles. The molecule has 8 heteroatoms. The van der Waals surface area contributed by atoms with Crippen LogP contribution in [0.1, 0.15) is 31.4 Å². The predicted octanol–water partition coefficient (Wildman–Crippen LogP) is 2.20. The first-order chi connectivity index (χ1) is 14.7. The molecule has 0 aromatic heterocycles. The fourth-order valence-electron chi connectivity index (χ4n) is 3.28. The van der Waals surface area contributed by atoms with Gasteiger partial charge in [0, 0.05) is 39.8 Å². The minimum absolute atomic E-state index is 0.0414. The maximum absolute atomic E-state index is 13.8. The summed E-state index contributed by atoms with van der Waals surface area (Å²) in [4.78, 5) is 6.60. The Morgan fingerprint density at radius 2 is 1.93 bits per heavy atom. The van der Waals surface area contributed by atoms with Gasteiger partial charge in [-0.05, 0) is 24.1 Å². The second-order valence-corrected chi connectivity index (χ2v) is 7.18. The SMILES string of the molecule is CCCCOCCOCCNC(=NC)NCC(c1cccc(F)c1)N1CCOCC1. The van der Waals surface area contributed by atoms with Crippen molar-refractivity contribution in [1.29, 1.82) is 0 Å². The van der Waals surface area contributed by atoms with Crippen LogP contribution < -0.4 is 10.6 Å². The molecule has 0 saturated carbocycles. The van der Waals surface area contributed by atoms with Crippen molar-refractivity contribution in [3.63, 3.8) is 0 Å². The Morgan fingerprint density at radius 1 is 1.17 bits per heavy atom. The highest BCUT2D eigenvalue weighted by Gasteiger charge is 2.23. The van der Waals surface area contributed by atoms with E-state index in [-0.39, 0.29) is 11.9 Å². The Labute approximate surface area is 180 Å². The number of hydrogen-bond acceptors (Lipinski definition) is 5. The number of guanidine groups is 1. The third kappa shape index (κ3) is 9.38. The lowest BCUT2D eigenvalue weighted by Crippen LogP contribution is -2.46. The van der Waals surface area contributed by atoms with Crippen LogP contribution in [0, 0.1) is 5.82 Å². The van der Waals surface area contributed by atoms with Crippen LogP contribution in [-0.4, -0.2) is 83.7 Å². The van der Waals surface area contributed by atoms with E-state index in [4.69, 9.17) is 14.2 Å². The van der Waals surface area contributed by atoms with E-state index in [1.807, 2.05) is 6.07 Å². The zero-order chi connectivity index (χ0) is 21.4. The highest BCUT2D eigenvalue weighted by Crippen LogP contribution is 2.22. The Hall–Kier alpha value is -1.74. The predicted molar refractivity (Wildman–Crippen MR) is 117 cm³/mol. The van der Waals surface area contributed by atoms with E-state index in [0.717, 1.165) is 38.1 Å². The Morgan fingerprint density at radius 3 is 2.63 bits per heavy atom. The van der Waals surface area contributed by atoms with Crippen LogP contribution in [0.2, 0.25) is 0 Å². The lowest BCUT2D eigenvalue weighted by molar-refractivity contribution is 0.0169. The van der Waals surface area contributed by atoms with Gasteiger partial charge in [-0.1, -0.05) is 25.5 Å². The fraction of sp³-hybridized carbons (Fsp3) is 0.682. The first-order valence-corrected chi connectivity index (χ1v) is 10.9. The molecule has 7 nitrogen and oxygen atoms in total. The number of unbranched alkanes of at least 4 members (excludes halogenated alkanes) is 1. The molecule has 30 heavy (non-hydrogen) atoms. The zero-order valence-electron chi connectivity index (χ0n) is 18.4. The minimum Gasteiger partial charge on any atom is -0.379 e. The summed E-state index contributed by atoms with van der Waals surface area (Å²) < 4.78 is 30.3. The van der Waals surface area contributed by atoms with E-state index in [1.54, 1.807) is 19.2 Å². The van der Waals surface area contributed by atoms with Crippen LogP contribution >= 0.6 is 0 Å². The van der Waals surface area contributed by atoms with Gasteiger partial charge in [0.1, 0.15) is 5.82 Å². The molecule has 1 aromatic rings. The smallest absolute Gasteiger partial charge is 0.191 e. The summed E-state index contributed by atoms with van der Waals surface area (Å²) in [6.45, 7) is 9.04. The van der Waals surface area contributed by atoms with Crippen LogP contribution in [0.15, 0.2) is 29.3 Å². The fourth-order valence-corrected chi connectivity index (χ4v) is 3.28. The van der Waals surface area contributed by atoms with Gasteiger partial charge in [-0.3, -0.25) is 9.89 Å². The highest BCUT2D eigenvalue weighted by atomic mass is 19.1. The minimum atomic E-state index is -0.218. The van der Waals surface area contributed by atoms with E-state index in [2.05, 4.69) is 27.4 Å². The number of aliphatic imine (C=N–C) groups is 1. The second-order valence-electron chi connectivity index (χ2n) is 7.18. The van der Waals surface area contributed by atoms with Crippen LogP contribution in [0.4, 0.5) is 4.39 Å². The number of nitrogens with one attached hydrogen (secondary N) is 2. The van der Waals surface area contributed by atoms with Crippen molar-refractivity contribution < 1.29 is 18.6 Å². The molecule has 1 aliphatic rings. The van der Waals surface area contributed by atoms with Gasteiger partial charge in [-0.2, -0.15) is 0 Å². The maximum atomic E-state index is 13.8. The van der Waals surface area contributed by atoms with Gasteiger partial charge in [0.15, 0.2) is 5.96 Å². The van der Waals surface area contributed by atoms with Gasteiger partial charge in [0.05, 0.1) is 39.1 Å². The molecule has 1 atom stereocenters. The number of nitrogens with zero attached hydrogens (tertiary/aromatic N) is 2. The van der Waals surface area contributed by atoms with Gasteiger partial charge in [-0.15, -0.1) is 0 Å². The number of benzene rings is 1. The van der Waals surface area contributed by atoms with Gasteiger partial charge in [0.25, 0.3) is 0 Å². The monoisotopic (exact) mass is 424 g/mol. The average molecular weight is 425 g/mol. The van der Waals surface area contributed by atoms with E-state index in [0.29, 0.717) is 52.1 Å². The molecule has 0 spiro atoms. The van der Waals surface area contributed by atoms with Gasteiger partial charge in [0.2, 0.25) is 0 Å². The first-order valence-electron chi connectivity index (χ1n) is 10.9. The number of hydrogen-bond donors (Lipinski definition) is 2. The topological polar surface area (TPSA) is 67.4 Å². The van der Waals surface area contributed by atoms with E-state index >= 15 is 0 Å². The number of morpholine rings is 1. The Bertz CT molecular complexity index is 612. The van der Waals surface area contributed by atoms with Crippen molar-refractivity contribution in [2.75, 3.05) is 72.9 Å². The molecule has 1 heterocycles. The number of ether oxygens (including phenoxy) is 3. The molecule has 0 amide bonds. The summed E-state index contributed by atoms with van der Waals surface area (Å²) in [7, 11) is 1.74. The summed E-state index contributed by atoms with van der Waals surface area (Å²) in [6, 6.07) is 6.85. The van der Waals surface area contributed by atoms with Gasteiger partial charge < -0.3 is 24.8 Å². The van der Waals surface area contributed by atoms with Crippen molar-refractivity contribution in [1.82, 2.24) is 15.5 Å². The Balaban J connectivity index is 1.74. The van der Waals surface area contributed by atoms with Crippen LogP contribution in [0.25, 0.3) is 0 Å². The molecular formula is C22H37FN4O3. The molecule has 1 fully saturated rings. The normalized spacial score (nSPS) is 16.4. The lowest BCUT2D eigenvalue weighted by Gasteiger charge is -2.35. The molecule has 1 unspecified atom stereocenters. The average Bonchev–Trinajstić information content (AvgIpc) is 2.77. The van der Waals surface area contributed by atoms with E-state index in [9.17, 15) is 4.39 Å². The first kappa shape index (κ1) is 24.5. The summed E-state index contributed by atoms with van der Waals surface area (Å²) in [5, 5.41) is 6.62. The number of halogens is 1.